The minimum Gasteiger partial charge on any atom is -0.363 e. The number of sulfonamides is 1. The highest BCUT2D eigenvalue weighted by molar-refractivity contribution is 7.92. The Morgan fingerprint density at radius 1 is 1.00 bits per heavy atom. The molecule has 3 aromatic rings. The summed E-state index contributed by atoms with van der Waals surface area (Å²) >= 11 is 0. The number of hydrogen-bond donors (Lipinski definition) is 2. The third kappa shape index (κ3) is 5.61. The van der Waals surface area contributed by atoms with Crippen LogP contribution in [-0.2, 0) is 16.6 Å². The minimum absolute atomic E-state index is 0.0285. The summed E-state index contributed by atoms with van der Waals surface area (Å²) in [4.78, 5) is 19.0. The molecule has 0 fully saturated rings. The third-order valence-electron chi connectivity index (χ3n) is 4.79. The lowest BCUT2D eigenvalue weighted by Crippen LogP contribution is -2.24. The van der Waals surface area contributed by atoms with E-state index in [4.69, 9.17) is 0 Å². The maximum absolute atomic E-state index is 12.8. The van der Waals surface area contributed by atoms with Gasteiger partial charge in [0.1, 0.15) is 5.82 Å². The van der Waals surface area contributed by atoms with Crippen LogP contribution in [0.1, 0.15) is 27.0 Å². The normalized spacial score (nSPS) is 11.1. The zero-order chi connectivity index (χ0) is 22.6. The molecule has 0 aliphatic rings. The van der Waals surface area contributed by atoms with E-state index in [1.54, 1.807) is 31.3 Å². The topological polar surface area (TPSA) is 91.4 Å². The zero-order valence-corrected chi connectivity index (χ0v) is 18.8. The van der Waals surface area contributed by atoms with E-state index in [9.17, 15) is 13.2 Å². The number of aryl methyl sites for hydroxylation is 2. The van der Waals surface area contributed by atoms with E-state index in [1.165, 1.54) is 12.1 Å². The first-order valence-electron chi connectivity index (χ1n) is 9.76. The Morgan fingerprint density at radius 3 is 2.32 bits per heavy atom. The SMILES string of the molecule is Cc1ccc(NS(=O)(=O)c2ccc(C)c(C(=O)NCc3ccc(N(C)C)nc3)c2)cc1. The first kappa shape index (κ1) is 22.3. The maximum Gasteiger partial charge on any atom is 0.261 e. The standard InChI is InChI=1S/C23H26N4O3S/c1-16-5-9-19(10-6-16)26-31(29,30)20-11-7-17(2)21(13-20)23(28)25-15-18-8-12-22(24-14-18)27(3)4/h5-14,26H,15H2,1-4H3,(H,25,28). The van der Waals surface area contributed by atoms with Crippen LogP contribution in [0.3, 0.4) is 0 Å². The molecule has 2 N–H and O–H groups in total. The number of anilines is 2. The Balaban J connectivity index is 1.74. The highest BCUT2D eigenvalue weighted by Gasteiger charge is 2.18. The molecular formula is C23H26N4O3S. The van der Waals surface area contributed by atoms with Gasteiger partial charge in [-0.2, -0.15) is 0 Å². The Bertz CT molecular complexity index is 1170. The van der Waals surface area contributed by atoms with E-state index >= 15 is 0 Å². The van der Waals surface area contributed by atoms with Crippen LogP contribution in [0, 0.1) is 13.8 Å². The summed E-state index contributed by atoms with van der Waals surface area (Å²) < 4.78 is 28.1. The molecular weight excluding hydrogens is 412 g/mol. The van der Waals surface area contributed by atoms with E-state index in [1.807, 2.05) is 50.2 Å². The van der Waals surface area contributed by atoms with Crippen LogP contribution in [-0.4, -0.2) is 33.4 Å². The fraction of sp³-hybridized carbons (Fsp3) is 0.217. The van der Waals surface area contributed by atoms with Crippen molar-refractivity contribution in [1.82, 2.24) is 10.3 Å². The molecule has 31 heavy (non-hydrogen) atoms. The number of hydrogen-bond acceptors (Lipinski definition) is 5. The molecule has 0 saturated carbocycles. The summed E-state index contributed by atoms with van der Waals surface area (Å²) in [5, 5.41) is 2.83. The largest absolute Gasteiger partial charge is 0.363 e. The lowest BCUT2D eigenvalue weighted by atomic mass is 10.1. The molecule has 1 aromatic heterocycles. The van der Waals surface area contributed by atoms with Gasteiger partial charge in [0.15, 0.2) is 0 Å². The molecule has 0 spiro atoms. The van der Waals surface area contributed by atoms with Gasteiger partial charge in [0.2, 0.25) is 0 Å². The molecule has 0 atom stereocenters. The molecule has 0 aliphatic heterocycles. The quantitative estimate of drug-likeness (QED) is 0.589. The van der Waals surface area contributed by atoms with Gasteiger partial charge in [-0.15, -0.1) is 0 Å². The first-order chi connectivity index (χ1) is 14.7. The number of rotatable bonds is 7. The summed E-state index contributed by atoms with van der Waals surface area (Å²) in [6.45, 7) is 3.99. The Hall–Kier alpha value is -3.39. The van der Waals surface area contributed by atoms with Crippen LogP contribution in [0.4, 0.5) is 11.5 Å². The molecule has 3 rings (SSSR count). The summed E-state index contributed by atoms with van der Waals surface area (Å²) in [6, 6.07) is 15.3. The molecule has 0 aliphatic carbocycles. The van der Waals surface area contributed by atoms with Crippen molar-refractivity contribution < 1.29 is 13.2 Å². The monoisotopic (exact) mass is 438 g/mol. The lowest BCUT2D eigenvalue weighted by molar-refractivity contribution is 0.0950. The third-order valence-corrected chi connectivity index (χ3v) is 6.17. The molecule has 0 unspecified atom stereocenters. The number of carbonyl (C=O) groups excluding carboxylic acids is 1. The second-order valence-corrected chi connectivity index (χ2v) is 9.23. The van der Waals surface area contributed by atoms with Gasteiger partial charge in [0.25, 0.3) is 15.9 Å². The number of amides is 1. The van der Waals surface area contributed by atoms with Crippen LogP contribution in [0.2, 0.25) is 0 Å². The summed E-state index contributed by atoms with van der Waals surface area (Å²) in [7, 11) is -0.0155. The van der Waals surface area contributed by atoms with Gasteiger partial charge >= 0.3 is 0 Å². The number of carbonyl (C=O) groups is 1. The predicted molar refractivity (Wildman–Crippen MR) is 123 cm³/mol. The fourth-order valence-corrected chi connectivity index (χ4v) is 4.00. The highest BCUT2D eigenvalue weighted by Crippen LogP contribution is 2.20. The van der Waals surface area contributed by atoms with Gasteiger partial charge in [-0.3, -0.25) is 9.52 Å². The van der Waals surface area contributed by atoms with Crippen molar-refractivity contribution in [1.29, 1.82) is 0 Å². The number of nitrogens with zero attached hydrogens (tertiary/aromatic N) is 2. The minimum atomic E-state index is -3.82. The number of benzene rings is 2. The average Bonchev–Trinajstić information content (AvgIpc) is 2.74. The smallest absolute Gasteiger partial charge is 0.261 e. The first-order valence-corrected chi connectivity index (χ1v) is 11.2. The molecule has 1 heterocycles. The van der Waals surface area contributed by atoms with Crippen molar-refractivity contribution in [3.8, 4) is 0 Å². The van der Waals surface area contributed by atoms with E-state index < -0.39 is 10.0 Å². The molecule has 0 bridgehead atoms. The van der Waals surface area contributed by atoms with Gasteiger partial charge in [0.05, 0.1) is 4.90 Å². The van der Waals surface area contributed by atoms with Crippen LogP contribution in [0.5, 0.6) is 0 Å². The van der Waals surface area contributed by atoms with Gasteiger partial charge < -0.3 is 10.2 Å². The van der Waals surface area contributed by atoms with Crippen LogP contribution < -0.4 is 14.9 Å². The highest BCUT2D eigenvalue weighted by atomic mass is 32.2. The van der Waals surface area contributed by atoms with Crippen LogP contribution >= 0.6 is 0 Å². The van der Waals surface area contributed by atoms with Crippen molar-refractivity contribution in [2.24, 2.45) is 0 Å². The Labute approximate surface area is 183 Å². The molecule has 1 amide bonds. The molecule has 0 saturated heterocycles. The molecule has 8 heteroatoms. The summed E-state index contributed by atoms with van der Waals surface area (Å²) in [5.41, 5.74) is 3.34. The summed E-state index contributed by atoms with van der Waals surface area (Å²) in [6.07, 6.45) is 1.70. The fourth-order valence-electron chi connectivity index (χ4n) is 2.91. The van der Waals surface area contributed by atoms with Crippen molar-refractivity contribution in [3.05, 3.63) is 83.0 Å². The van der Waals surface area contributed by atoms with Crippen molar-refractivity contribution >= 4 is 27.4 Å². The average molecular weight is 439 g/mol. The van der Waals surface area contributed by atoms with E-state index in [0.717, 1.165) is 16.9 Å². The van der Waals surface area contributed by atoms with E-state index in [0.29, 0.717) is 16.8 Å². The molecule has 7 nitrogen and oxygen atoms in total. The van der Waals surface area contributed by atoms with Gasteiger partial charge in [0, 0.05) is 38.1 Å². The van der Waals surface area contributed by atoms with Gasteiger partial charge in [-0.05, 0) is 55.3 Å². The molecule has 0 radical (unpaired) electrons. The number of aromatic nitrogens is 1. The number of pyridine rings is 1. The second kappa shape index (κ2) is 9.18. The zero-order valence-electron chi connectivity index (χ0n) is 18.0. The maximum atomic E-state index is 12.8. The molecule has 2 aromatic carbocycles. The second-order valence-electron chi connectivity index (χ2n) is 7.55. The lowest BCUT2D eigenvalue weighted by Gasteiger charge is -2.13. The predicted octanol–water partition coefficient (Wildman–Crippen LogP) is 3.50. The number of nitrogens with one attached hydrogen (secondary N) is 2. The van der Waals surface area contributed by atoms with Crippen LogP contribution in [0.15, 0.2) is 65.7 Å². The Morgan fingerprint density at radius 2 is 1.71 bits per heavy atom. The van der Waals surface area contributed by atoms with Crippen molar-refractivity contribution in [2.45, 2.75) is 25.3 Å². The summed E-state index contributed by atoms with van der Waals surface area (Å²) in [5.74, 6) is 0.478. The van der Waals surface area contributed by atoms with Crippen molar-refractivity contribution in [3.63, 3.8) is 0 Å². The van der Waals surface area contributed by atoms with Gasteiger partial charge in [-0.1, -0.05) is 29.8 Å². The van der Waals surface area contributed by atoms with Crippen LogP contribution in [0.25, 0.3) is 0 Å². The van der Waals surface area contributed by atoms with E-state index in [-0.39, 0.29) is 17.3 Å². The Kier molecular flexibility index (Phi) is 6.60. The van der Waals surface area contributed by atoms with Gasteiger partial charge in [-0.25, -0.2) is 13.4 Å². The molecule has 162 valence electrons. The van der Waals surface area contributed by atoms with E-state index in [2.05, 4.69) is 15.0 Å². The van der Waals surface area contributed by atoms with Crippen molar-refractivity contribution in [2.75, 3.05) is 23.7 Å².